The Labute approximate surface area is 142 Å². The molecule has 0 aliphatic carbocycles. The third kappa shape index (κ3) is 4.02. The first-order valence-electron chi connectivity index (χ1n) is 7.86. The minimum Gasteiger partial charge on any atom is -0.468 e. The maximum atomic E-state index is 11.9. The zero-order chi connectivity index (χ0) is 17.5. The van der Waals surface area contributed by atoms with E-state index in [1.54, 1.807) is 6.08 Å². The number of carbonyl (C=O) groups is 2. The van der Waals surface area contributed by atoms with Crippen molar-refractivity contribution in [3.05, 3.63) is 60.7 Å². The van der Waals surface area contributed by atoms with Crippen LogP contribution in [0.3, 0.4) is 0 Å². The zero-order valence-corrected chi connectivity index (χ0v) is 14.0. The quantitative estimate of drug-likeness (QED) is 0.444. The van der Waals surface area contributed by atoms with E-state index in [2.05, 4.69) is 36.9 Å². The molecule has 0 saturated carbocycles. The van der Waals surface area contributed by atoms with Crippen LogP contribution in [0.5, 0.6) is 0 Å². The van der Waals surface area contributed by atoms with Crippen LogP contribution in [0.25, 0.3) is 10.8 Å². The molecule has 0 aliphatic heterocycles. The summed E-state index contributed by atoms with van der Waals surface area (Å²) in [5.41, 5.74) is 1.15. The summed E-state index contributed by atoms with van der Waals surface area (Å²) >= 11 is 0. The fourth-order valence-electron chi connectivity index (χ4n) is 2.85. The van der Waals surface area contributed by atoms with Gasteiger partial charge in [0.1, 0.15) is 0 Å². The molecular formula is C20H22O4. The molecule has 0 aromatic heterocycles. The van der Waals surface area contributed by atoms with Gasteiger partial charge in [0.15, 0.2) is 5.92 Å². The van der Waals surface area contributed by atoms with Crippen LogP contribution in [0, 0.1) is 11.8 Å². The Morgan fingerprint density at radius 1 is 1.04 bits per heavy atom. The van der Waals surface area contributed by atoms with E-state index in [9.17, 15) is 9.59 Å². The van der Waals surface area contributed by atoms with E-state index in [1.807, 2.05) is 12.1 Å². The fraction of sp³-hybridized carbons (Fsp3) is 0.300. The minimum atomic E-state index is -0.974. The number of hydrogen-bond donors (Lipinski definition) is 0. The number of methoxy groups -OCH3 is 2. The van der Waals surface area contributed by atoms with Crippen molar-refractivity contribution in [3.63, 3.8) is 0 Å². The number of esters is 2. The molecule has 0 saturated heterocycles. The molecule has 126 valence electrons. The van der Waals surface area contributed by atoms with Gasteiger partial charge in [-0.25, -0.2) is 0 Å². The third-order valence-electron chi connectivity index (χ3n) is 4.22. The predicted octanol–water partition coefficient (Wildman–Crippen LogP) is 3.54. The van der Waals surface area contributed by atoms with Gasteiger partial charge in [-0.05, 0) is 29.2 Å². The molecule has 4 nitrogen and oxygen atoms in total. The van der Waals surface area contributed by atoms with Gasteiger partial charge in [-0.2, -0.15) is 0 Å². The van der Waals surface area contributed by atoms with Gasteiger partial charge in [0.05, 0.1) is 14.2 Å². The SMILES string of the molecule is C=C[C@@H](CCc1ccc2ccccc2c1)C(C(=O)OC)C(=O)OC. The number of allylic oxidation sites excluding steroid dienone is 1. The maximum Gasteiger partial charge on any atom is 0.320 e. The molecule has 0 heterocycles. The van der Waals surface area contributed by atoms with E-state index in [0.29, 0.717) is 6.42 Å². The van der Waals surface area contributed by atoms with Crippen LogP contribution in [-0.4, -0.2) is 26.2 Å². The molecule has 2 aromatic carbocycles. The molecule has 0 spiro atoms. The van der Waals surface area contributed by atoms with Crippen LogP contribution in [0.2, 0.25) is 0 Å². The first-order valence-corrected chi connectivity index (χ1v) is 7.86. The van der Waals surface area contributed by atoms with Crippen molar-refractivity contribution in [2.45, 2.75) is 12.8 Å². The summed E-state index contributed by atoms with van der Waals surface area (Å²) in [5.74, 6) is -2.50. The largest absolute Gasteiger partial charge is 0.468 e. The molecule has 4 heteroatoms. The van der Waals surface area contributed by atoms with E-state index < -0.39 is 17.9 Å². The molecule has 1 atom stereocenters. The topological polar surface area (TPSA) is 52.6 Å². The summed E-state index contributed by atoms with van der Waals surface area (Å²) in [6.45, 7) is 3.76. The van der Waals surface area contributed by atoms with Crippen LogP contribution >= 0.6 is 0 Å². The van der Waals surface area contributed by atoms with E-state index in [4.69, 9.17) is 9.47 Å². The second kappa shape index (κ2) is 8.29. The Balaban J connectivity index is 2.14. The Morgan fingerprint density at radius 2 is 1.67 bits per heavy atom. The maximum absolute atomic E-state index is 11.9. The summed E-state index contributed by atoms with van der Waals surface area (Å²) in [4.78, 5) is 23.9. The van der Waals surface area contributed by atoms with Crippen molar-refractivity contribution >= 4 is 22.7 Å². The first-order chi connectivity index (χ1) is 11.6. The van der Waals surface area contributed by atoms with Gasteiger partial charge in [0, 0.05) is 5.92 Å². The smallest absolute Gasteiger partial charge is 0.320 e. The molecule has 0 amide bonds. The van der Waals surface area contributed by atoms with Crippen LogP contribution in [0.4, 0.5) is 0 Å². The third-order valence-corrected chi connectivity index (χ3v) is 4.22. The molecule has 0 fully saturated rings. The van der Waals surface area contributed by atoms with Crippen molar-refractivity contribution in [3.8, 4) is 0 Å². The number of carbonyl (C=O) groups excluding carboxylic acids is 2. The van der Waals surface area contributed by atoms with Crippen molar-refractivity contribution in [2.75, 3.05) is 14.2 Å². The molecule has 0 radical (unpaired) electrons. The highest BCUT2D eigenvalue weighted by molar-refractivity contribution is 5.95. The average molecular weight is 326 g/mol. The van der Waals surface area contributed by atoms with E-state index in [-0.39, 0.29) is 5.92 Å². The Morgan fingerprint density at radius 3 is 2.25 bits per heavy atom. The number of aryl methyl sites for hydroxylation is 1. The molecular weight excluding hydrogens is 304 g/mol. The molecule has 0 bridgehead atoms. The molecule has 2 rings (SSSR count). The van der Waals surface area contributed by atoms with Gasteiger partial charge in [-0.3, -0.25) is 9.59 Å². The summed E-state index contributed by atoms with van der Waals surface area (Å²) < 4.78 is 9.48. The van der Waals surface area contributed by atoms with E-state index in [1.165, 1.54) is 25.0 Å². The van der Waals surface area contributed by atoms with Crippen LogP contribution in [-0.2, 0) is 25.5 Å². The van der Waals surface area contributed by atoms with Crippen molar-refractivity contribution < 1.29 is 19.1 Å². The van der Waals surface area contributed by atoms with E-state index >= 15 is 0 Å². The molecule has 0 unspecified atom stereocenters. The fourth-order valence-corrected chi connectivity index (χ4v) is 2.85. The lowest BCUT2D eigenvalue weighted by Gasteiger charge is -2.20. The van der Waals surface area contributed by atoms with Crippen LogP contribution in [0.15, 0.2) is 55.1 Å². The Hall–Kier alpha value is -2.62. The van der Waals surface area contributed by atoms with Gasteiger partial charge in [-0.15, -0.1) is 6.58 Å². The average Bonchev–Trinajstić information content (AvgIpc) is 2.63. The number of rotatable bonds is 7. The molecule has 0 aliphatic rings. The van der Waals surface area contributed by atoms with Gasteiger partial charge < -0.3 is 9.47 Å². The zero-order valence-electron chi connectivity index (χ0n) is 14.0. The summed E-state index contributed by atoms with van der Waals surface area (Å²) in [5, 5.41) is 2.35. The number of ether oxygens (including phenoxy) is 2. The second-order valence-electron chi connectivity index (χ2n) is 5.64. The second-order valence-corrected chi connectivity index (χ2v) is 5.64. The highest BCUT2D eigenvalue weighted by Gasteiger charge is 2.34. The first kappa shape index (κ1) is 17.7. The highest BCUT2D eigenvalue weighted by Crippen LogP contribution is 2.24. The highest BCUT2D eigenvalue weighted by atomic mass is 16.5. The van der Waals surface area contributed by atoms with Gasteiger partial charge >= 0.3 is 11.9 Å². The standard InChI is InChI=1S/C20H22O4/c1-4-15(18(19(21)23-2)20(22)24-3)11-9-14-10-12-16-7-5-6-8-17(16)13-14/h4-8,10,12-13,15,18H,1,9,11H2,2-3H3/t15-/m0/s1. The summed E-state index contributed by atoms with van der Waals surface area (Å²) in [6, 6.07) is 14.4. The lowest BCUT2D eigenvalue weighted by molar-refractivity contribution is -0.160. The predicted molar refractivity (Wildman–Crippen MR) is 93.5 cm³/mol. The Bertz CT molecular complexity index is 719. The van der Waals surface area contributed by atoms with Gasteiger partial charge in [0.2, 0.25) is 0 Å². The monoisotopic (exact) mass is 326 g/mol. The van der Waals surface area contributed by atoms with Crippen LogP contribution < -0.4 is 0 Å². The van der Waals surface area contributed by atoms with Crippen molar-refractivity contribution in [1.29, 1.82) is 0 Å². The van der Waals surface area contributed by atoms with Gasteiger partial charge in [-0.1, -0.05) is 48.5 Å². The lowest BCUT2D eigenvalue weighted by atomic mass is 9.87. The summed E-state index contributed by atoms with van der Waals surface area (Å²) in [7, 11) is 2.53. The molecule has 0 N–H and O–H groups in total. The number of fused-ring (bicyclic) bond motifs is 1. The number of benzene rings is 2. The van der Waals surface area contributed by atoms with Gasteiger partial charge in [0.25, 0.3) is 0 Å². The molecule has 24 heavy (non-hydrogen) atoms. The van der Waals surface area contributed by atoms with Crippen molar-refractivity contribution in [1.82, 2.24) is 0 Å². The Kier molecular flexibility index (Phi) is 6.13. The van der Waals surface area contributed by atoms with Crippen molar-refractivity contribution in [2.24, 2.45) is 11.8 Å². The van der Waals surface area contributed by atoms with Crippen LogP contribution in [0.1, 0.15) is 12.0 Å². The number of hydrogen-bond acceptors (Lipinski definition) is 4. The normalized spacial score (nSPS) is 12.0. The minimum absolute atomic E-state index is 0.337. The van der Waals surface area contributed by atoms with E-state index in [0.717, 1.165) is 12.0 Å². The molecule has 2 aromatic rings. The summed E-state index contributed by atoms with van der Waals surface area (Å²) in [6.07, 6.45) is 2.96. The lowest BCUT2D eigenvalue weighted by Crippen LogP contribution is -2.32.